The van der Waals surface area contributed by atoms with Gasteiger partial charge < -0.3 is 10.1 Å². The average Bonchev–Trinajstić information content (AvgIpc) is 2.97. The van der Waals surface area contributed by atoms with Crippen molar-refractivity contribution < 1.29 is 4.74 Å². The zero-order valence-electron chi connectivity index (χ0n) is 12.4. The molecule has 1 aliphatic rings. The van der Waals surface area contributed by atoms with E-state index < -0.39 is 0 Å². The lowest BCUT2D eigenvalue weighted by Gasteiger charge is -2.21. The summed E-state index contributed by atoms with van der Waals surface area (Å²) < 4.78 is 6.97. The van der Waals surface area contributed by atoms with Crippen molar-refractivity contribution in [3.8, 4) is 0 Å². The van der Waals surface area contributed by atoms with Crippen LogP contribution in [0.2, 0.25) is 0 Å². The highest BCUT2D eigenvalue weighted by atomic mass is 79.9. The van der Waals surface area contributed by atoms with Gasteiger partial charge in [-0.05, 0) is 56.7 Å². The van der Waals surface area contributed by atoms with Gasteiger partial charge in [-0.15, -0.1) is 0 Å². The molecule has 1 saturated heterocycles. The summed E-state index contributed by atoms with van der Waals surface area (Å²) in [5.74, 6) is 0. The van der Waals surface area contributed by atoms with E-state index in [4.69, 9.17) is 4.74 Å². The smallest absolute Gasteiger partial charge is 0.0576 e. The van der Waals surface area contributed by atoms with Crippen molar-refractivity contribution in [2.24, 2.45) is 0 Å². The number of benzene rings is 1. The van der Waals surface area contributed by atoms with Gasteiger partial charge in [0.2, 0.25) is 0 Å². The molecule has 0 aromatic heterocycles. The van der Waals surface area contributed by atoms with Crippen molar-refractivity contribution >= 4 is 15.9 Å². The van der Waals surface area contributed by atoms with Gasteiger partial charge in [-0.25, -0.2) is 0 Å². The fraction of sp³-hybridized carbons (Fsp3) is 0.647. The highest BCUT2D eigenvalue weighted by molar-refractivity contribution is 9.10. The zero-order chi connectivity index (χ0) is 14.2. The first-order chi connectivity index (χ1) is 9.79. The maximum Gasteiger partial charge on any atom is 0.0576 e. The third kappa shape index (κ3) is 5.19. The predicted molar refractivity (Wildman–Crippen MR) is 88.1 cm³/mol. The Bertz CT molecular complexity index is 390. The number of ether oxygens (including phenoxy) is 1. The molecule has 1 N–H and O–H groups in total. The zero-order valence-corrected chi connectivity index (χ0v) is 14.0. The van der Waals surface area contributed by atoms with E-state index in [-0.39, 0.29) is 0 Å². The second kappa shape index (κ2) is 8.81. The molecule has 2 nitrogen and oxygen atoms in total. The molecule has 1 aromatic rings. The minimum atomic E-state index is 0.500. The maximum atomic E-state index is 5.74. The van der Waals surface area contributed by atoms with Gasteiger partial charge in [-0.3, -0.25) is 0 Å². The van der Waals surface area contributed by atoms with E-state index in [0.717, 1.165) is 19.6 Å². The highest BCUT2D eigenvalue weighted by Crippen LogP contribution is 2.21. The van der Waals surface area contributed by atoms with Crippen molar-refractivity contribution in [3.05, 3.63) is 34.3 Å². The predicted octanol–water partition coefficient (Wildman–Crippen LogP) is 4.32. The summed E-state index contributed by atoms with van der Waals surface area (Å²) in [6.07, 6.45) is 7.65. The summed E-state index contributed by atoms with van der Waals surface area (Å²) >= 11 is 3.66. The van der Waals surface area contributed by atoms with E-state index in [1.54, 1.807) is 0 Å². The summed E-state index contributed by atoms with van der Waals surface area (Å²) in [4.78, 5) is 0. The van der Waals surface area contributed by atoms with Gasteiger partial charge in [0.05, 0.1) is 6.10 Å². The van der Waals surface area contributed by atoms with E-state index in [1.807, 2.05) is 0 Å². The molecule has 0 bridgehead atoms. The van der Waals surface area contributed by atoms with Crippen LogP contribution in [0.4, 0.5) is 0 Å². The van der Waals surface area contributed by atoms with Crippen LogP contribution < -0.4 is 5.32 Å². The number of rotatable bonds is 8. The molecule has 1 heterocycles. The lowest BCUT2D eigenvalue weighted by Crippen LogP contribution is -2.32. The molecule has 0 amide bonds. The molecule has 0 aliphatic carbocycles. The number of hydrogen-bond acceptors (Lipinski definition) is 2. The van der Waals surface area contributed by atoms with Gasteiger partial charge in [-0.2, -0.15) is 0 Å². The Balaban J connectivity index is 1.87. The summed E-state index contributed by atoms with van der Waals surface area (Å²) in [5, 5.41) is 3.69. The third-order valence-corrected chi connectivity index (χ3v) is 4.74. The summed E-state index contributed by atoms with van der Waals surface area (Å²) in [5.41, 5.74) is 1.40. The van der Waals surface area contributed by atoms with E-state index in [9.17, 15) is 0 Å². The minimum absolute atomic E-state index is 0.500. The van der Waals surface area contributed by atoms with Crippen LogP contribution >= 0.6 is 15.9 Å². The van der Waals surface area contributed by atoms with Crippen molar-refractivity contribution in [2.75, 3.05) is 13.2 Å². The Morgan fingerprint density at radius 2 is 2.25 bits per heavy atom. The number of nitrogens with one attached hydrogen (secondary N) is 1. The fourth-order valence-electron chi connectivity index (χ4n) is 2.81. The highest BCUT2D eigenvalue weighted by Gasteiger charge is 2.18. The van der Waals surface area contributed by atoms with Crippen molar-refractivity contribution in [1.82, 2.24) is 5.32 Å². The Kier molecular flexibility index (Phi) is 7.05. The molecule has 0 radical (unpaired) electrons. The Labute approximate surface area is 131 Å². The quantitative estimate of drug-likeness (QED) is 0.761. The first-order valence-corrected chi connectivity index (χ1v) is 8.67. The van der Waals surface area contributed by atoms with Crippen LogP contribution in [0, 0.1) is 0 Å². The fourth-order valence-corrected chi connectivity index (χ4v) is 3.26. The first kappa shape index (κ1) is 16.0. The van der Waals surface area contributed by atoms with Crippen molar-refractivity contribution in [1.29, 1.82) is 0 Å². The SMILES string of the molecule is CCCNC(CCC1CCCO1)Cc1ccccc1Br. The number of halogens is 1. The topological polar surface area (TPSA) is 21.3 Å². The molecule has 112 valence electrons. The van der Waals surface area contributed by atoms with Crippen LogP contribution in [-0.2, 0) is 11.2 Å². The largest absolute Gasteiger partial charge is 0.378 e. The van der Waals surface area contributed by atoms with E-state index >= 15 is 0 Å². The van der Waals surface area contributed by atoms with Crippen LogP contribution in [0.1, 0.15) is 44.6 Å². The lowest BCUT2D eigenvalue weighted by atomic mass is 9.99. The average molecular weight is 340 g/mol. The molecule has 1 aliphatic heterocycles. The van der Waals surface area contributed by atoms with Crippen molar-refractivity contribution in [2.45, 2.75) is 57.6 Å². The van der Waals surface area contributed by atoms with Crippen LogP contribution in [0.5, 0.6) is 0 Å². The van der Waals surface area contributed by atoms with Crippen LogP contribution in [0.25, 0.3) is 0 Å². The normalized spacial score (nSPS) is 20.2. The van der Waals surface area contributed by atoms with Gasteiger partial charge in [0.15, 0.2) is 0 Å². The first-order valence-electron chi connectivity index (χ1n) is 7.88. The minimum Gasteiger partial charge on any atom is -0.378 e. The van der Waals surface area contributed by atoms with Gasteiger partial charge in [0.25, 0.3) is 0 Å². The number of hydrogen-bond donors (Lipinski definition) is 1. The van der Waals surface area contributed by atoms with E-state index in [2.05, 4.69) is 52.4 Å². The second-order valence-electron chi connectivity index (χ2n) is 5.66. The molecule has 1 fully saturated rings. The summed E-state index contributed by atoms with van der Waals surface area (Å²) in [6.45, 7) is 4.28. The molecule has 1 aromatic carbocycles. The van der Waals surface area contributed by atoms with Crippen LogP contribution in [-0.4, -0.2) is 25.3 Å². The van der Waals surface area contributed by atoms with Gasteiger partial charge in [0.1, 0.15) is 0 Å². The molecule has 2 atom stereocenters. The molecule has 2 rings (SSSR count). The van der Waals surface area contributed by atoms with Crippen LogP contribution in [0.3, 0.4) is 0 Å². The van der Waals surface area contributed by atoms with Gasteiger partial charge in [0, 0.05) is 17.1 Å². The monoisotopic (exact) mass is 339 g/mol. The molecule has 2 unspecified atom stereocenters. The summed E-state index contributed by atoms with van der Waals surface area (Å²) in [7, 11) is 0. The standard InChI is InChI=1S/C17H26BrNO/c1-2-11-19-15(9-10-16-7-5-12-20-16)13-14-6-3-4-8-17(14)18/h3-4,6,8,15-16,19H,2,5,7,9-13H2,1H3. The second-order valence-corrected chi connectivity index (χ2v) is 6.51. The van der Waals surface area contributed by atoms with Crippen LogP contribution in [0.15, 0.2) is 28.7 Å². The Morgan fingerprint density at radius 3 is 2.95 bits per heavy atom. The lowest BCUT2D eigenvalue weighted by molar-refractivity contribution is 0.0995. The maximum absolute atomic E-state index is 5.74. The summed E-state index contributed by atoms with van der Waals surface area (Å²) in [6, 6.07) is 9.10. The Hall–Kier alpha value is -0.380. The molecular formula is C17H26BrNO. The molecule has 3 heteroatoms. The van der Waals surface area contributed by atoms with Crippen molar-refractivity contribution in [3.63, 3.8) is 0 Å². The Morgan fingerprint density at radius 1 is 1.40 bits per heavy atom. The van der Waals surface area contributed by atoms with Gasteiger partial charge >= 0.3 is 0 Å². The molecule has 0 spiro atoms. The van der Waals surface area contributed by atoms with Gasteiger partial charge in [-0.1, -0.05) is 41.1 Å². The molecule has 0 saturated carbocycles. The molecule has 20 heavy (non-hydrogen) atoms. The third-order valence-electron chi connectivity index (χ3n) is 3.97. The van der Waals surface area contributed by atoms with E-state index in [0.29, 0.717) is 12.1 Å². The van der Waals surface area contributed by atoms with E-state index in [1.165, 1.54) is 42.1 Å². The molecular weight excluding hydrogens is 314 g/mol.